The van der Waals surface area contributed by atoms with Crippen LogP contribution < -0.4 is 10.1 Å². The Kier molecular flexibility index (Phi) is 8.18. The Bertz CT molecular complexity index is 744. The SMILES string of the molecule is CCNC(=NCC1(c2ccc(OCC)cc2)CCOCC1)N1CC(C)C(C(=O)OC)C1. The molecule has 0 aliphatic carbocycles. The molecule has 2 fully saturated rings. The van der Waals surface area contributed by atoms with Gasteiger partial charge in [-0.05, 0) is 50.3 Å². The number of hydrogen-bond donors (Lipinski definition) is 1. The lowest BCUT2D eigenvalue weighted by Crippen LogP contribution is -2.43. The summed E-state index contributed by atoms with van der Waals surface area (Å²) in [5.74, 6) is 1.75. The van der Waals surface area contributed by atoms with Gasteiger partial charge in [-0.3, -0.25) is 9.79 Å². The molecule has 2 saturated heterocycles. The maximum atomic E-state index is 12.1. The van der Waals surface area contributed by atoms with Crippen LogP contribution in [-0.4, -0.2) is 69.9 Å². The third kappa shape index (κ3) is 5.50. The van der Waals surface area contributed by atoms with Gasteiger partial charge in [-0.2, -0.15) is 0 Å². The summed E-state index contributed by atoms with van der Waals surface area (Å²) in [6.45, 7) is 11.2. The lowest BCUT2D eigenvalue weighted by Gasteiger charge is -2.37. The summed E-state index contributed by atoms with van der Waals surface area (Å²) >= 11 is 0. The van der Waals surface area contributed by atoms with Gasteiger partial charge in [0.05, 0.1) is 26.2 Å². The van der Waals surface area contributed by atoms with Gasteiger partial charge < -0.3 is 24.4 Å². The molecule has 2 atom stereocenters. The summed E-state index contributed by atoms with van der Waals surface area (Å²) < 4.78 is 16.3. The molecule has 0 saturated carbocycles. The average molecular weight is 432 g/mol. The van der Waals surface area contributed by atoms with Crippen LogP contribution in [0.15, 0.2) is 29.3 Å². The van der Waals surface area contributed by atoms with E-state index in [0.717, 1.165) is 50.9 Å². The van der Waals surface area contributed by atoms with Gasteiger partial charge in [-0.25, -0.2) is 0 Å². The van der Waals surface area contributed by atoms with Crippen molar-refractivity contribution in [3.8, 4) is 5.75 Å². The van der Waals surface area contributed by atoms with E-state index in [0.29, 0.717) is 19.7 Å². The Morgan fingerprint density at radius 3 is 2.55 bits per heavy atom. The largest absolute Gasteiger partial charge is 0.494 e. The predicted molar refractivity (Wildman–Crippen MR) is 122 cm³/mol. The number of benzene rings is 1. The average Bonchev–Trinajstić information content (AvgIpc) is 3.19. The smallest absolute Gasteiger partial charge is 0.310 e. The molecule has 2 unspecified atom stereocenters. The van der Waals surface area contributed by atoms with Crippen LogP contribution in [0.5, 0.6) is 5.75 Å². The van der Waals surface area contributed by atoms with Crippen LogP contribution in [0.3, 0.4) is 0 Å². The number of likely N-dealkylation sites (tertiary alicyclic amines) is 1. The molecule has 0 radical (unpaired) electrons. The molecular weight excluding hydrogens is 394 g/mol. The summed E-state index contributed by atoms with van der Waals surface area (Å²) in [6, 6.07) is 8.44. The lowest BCUT2D eigenvalue weighted by atomic mass is 9.74. The maximum Gasteiger partial charge on any atom is 0.310 e. The number of nitrogens with zero attached hydrogens (tertiary/aromatic N) is 2. The fourth-order valence-electron chi connectivity index (χ4n) is 4.62. The lowest BCUT2D eigenvalue weighted by molar-refractivity contribution is -0.145. The van der Waals surface area contributed by atoms with Crippen molar-refractivity contribution >= 4 is 11.9 Å². The first kappa shape index (κ1) is 23.4. The second-order valence-electron chi connectivity index (χ2n) is 8.53. The molecule has 2 aliphatic rings. The molecule has 1 aromatic carbocycles. The first-order chi connectivity index (χ1) is 15.0. The molecule has 3 rings (SSSR count). The van der Waals surface area contributed by atoms with Crippen molar-refractivity contribution in [1.29, 1.82) is 0 Å². The number of guanidine groups is 1. The van der Waals surface area contributed by atoms with Crippen molar-refractivity contribution in [1.82, 2.24) is 10.2 Å². The summed E-state index contributed by atoms with van der Waals surface area (Å²) in [7, 11) is 1.46. The van der Waals surface area contributed by atoms with E-state index in [4.69, 9.17) is 19.2 Å². The monoisotopic (exact) mass is 431 g/mol. The van der Waals surface area contributed by atoms with Crippen molar-refractivity contribution < 1.29 is 19.0 Å². The van der Waals surface area contributed by atoms with Crippen molar-refractivity contribution in [2.24, 2.45) is 16.8 Å². The van der Waals surface area contributed by atoms with Crippen LogP contribution in [-0.2, 0) is 19.7 Å². The predicted octanol–water partition coefficient (Wildman–Crippen LogP) is 2.84. The molecular formula is C24H37N3O4. The summed E-state index contributed by atoms with van der Waals surface area (Å²) in [5.41, 5.74) is 1.22. The number of esters is 1. The first-order valence-corrected chi connectivity index (χ1v) is 11.4. The van der Waals surface area contributed by atoms with Crippen LogP contribution in [0.25, 0.3) is 0 Å². The number of methoxy groups -OCH3 is 1. The molecule has 2 heterocycles. The Balaban J connectivity index is 1.81. The van der Waals surface area contributed by atoms with Crippen molar-refractivity contribution in [3.63, 3.8) is 0 Å². The van der Waals surface area contributed by atoms with Crippen LogP contribution in [0, 0.1) is 11.8 Å². The highest BCUT2D eigenvalue weighted by Gasteiger charge is 2.38. The molecule has 2 aliphatic heterocycles. The fraction of sp³-hybridized carbons (Fsp3) is 0.667. The van der Waals surface area contributed by atoms with Crippen molar-refractivity contribution in [2.45, 2.75) is 39.0 Å². The van der Waals surface area contributed by atoms with E-state index < -0.39 is 0 Å². The Morgan fingerprint density at radius 1 is 1.23 bits per heavy atom. The molecule has 0 bridgehead atoms. The van der Waals surface area contributed by atoms with Gasteiger partial charge in [-0.1, -0.05) is 19.1 Å². The molecule has 0 spiro atoms. The number of carbonyl (C=O) groups is 1. The molecule has 7 heteroatoms. The number of rotatable bonds is 7. The van der Waals surface area contributed by atoms with Gasteiger partial charge in [0.25, 0.3) is 0 Å². The van der Waals surface area contributed by atoms with Crippen LogP contribution in [0.1, 0.15) is 39.2 Å². The summed E-state index contributed by atoms with van der Waals surface area (Å²) in [5, 5.41) is 3.43. The van der Waals surface area contributed by atoms with Gasteiger partial charge in [0, 0.05) is 38.3 Å². The Morgan fingerprint density at radius 2 is 1.94 bits per heavy atom. The van der Waals surface area contributed by atoms with Crippen LogP contribution in [0.4, 0.5) is 0 Å². The highest BCUT2D eigenvalue weighted by Crippen LogP contribution is 2.36. The minimum Gasteiger partial charge on any atom is -0.494 e. The molecule has 31 heavy (non-hydrogen) atoms. The normalized spacial score (nSPS) is 23.5. The zero-order valence-corrected chi connectivity index (χ0v) is 19.4. The standard InChI is InChI=1S/C24H37N3O4/c1-5-25-23(27-15-18(3)21(16-27)22(28)29-4)26-17-24(11-13-30-14-12-24)19-7-9-20(10-8-19)31-6-2/h7-10,18,21H,5-6,11-17H2,1-4H3,(H,25,26). The molecule has 172 valence electrons. The van der Waals surface area contributed by atoms with Gasteiger partial charge in [0.1, 0.15) is 5.75 Å². The highest BCUT2D eigenvalue weighted by atomic mass is 16.5. The van der Waals surface area contributed by atoms with E-state index in [1.807, 2.05) is 19.1 Å². The Hall–Kier alpha value is -2.28. The number of ether oxygens (including phenoxy) is 3. The van der Waals surface area contributed by atoms with Crippen LogP contribution >= 0.6 is 0 Å². The second kappa shape index (κ2) is 10.8. The van der Waals surface area contributed by atoms with E-state index >= 15 is 0 Å². The van der Waals surface area contributed by atoms with Crippen molar-refractivity contribution in [3.05, 3.63) is 29.8 Å². The summed E-state index contributed by atoms with van der Waals surface area (Å²) in [4.78, 5) is 19.4. The van der Waals surface area contributed by atoms with Crippen LogP contribution in [0.2, 0.25) is 0 Å². The third-order valence-electron chi connectivity index (χ3n) is 6.51. The third-order valence-corrected chi connectivity index (χ3v) is 6.51. The van der Waals surface area contributed by atoms with E-state index in [9.17, 15) is 4.79 Å². The second-order valence-corrected chi connectivity index (χ2v) is 8.53. The number of aliphatic imine (C=N–C) groups is 1. The Labute approximate surface area is 186 Å². The first-order valence-electron chi connectivity index (χ1n) is 11.4. The molecule has 7 nitrogen and oxygen atoms in total. The fourth-order valence-corrected chi connectivity index (χ4v) is 4.62. The molecule has 0 aromatic heterocycles. The quantitative estimate of drug-likeness (QED) is 0.407. The minimum atomic E-state index is -0.138. The van der Waals surface area contributed by atoms with E-state index in [2.05, 4.69) is 36.2 Å². The van der Waals surface area contributed by atoms with E-state index in [1.165, 1.54) is 12.7 Å². The zero-order chi connectivity index (χ0) is 22.3. The minimum absolute atomic E-state index is 0.0588. The topological polar surface area (TPSA) is 72.4 Å². The number of nitrogens with one attached hydrogen (secondary N) is 1. The zero-order valence-electron chi connectivity index (χ0n) is 19.4. The van der Waals surface area contributed by atoms with Gasteiger partial charge in [0.2, 0.25) is 0 Å². The van der Waals surface area contributed by atoms with Gasteiger partial charge >= 0.3 is 5.97 Å². The van der Waals surface area contributed by atoms with Gasteiger partial charge in [-0.15, -0.1) is 0 Å². The summed E-state index contributed by atoms with van der Waals surface area (Å²) in [6.07, 6.45) is 1.87. The number of carbonyl (C=O) groups excluding carboxylic acids is 1. The molecule has 1 N–H and O–H groups in total. The van der Waals surface area contributed by atoms with E-state index in [-0.39, 0.29) is 23.2 Å². The van der Waals surface area contributed by atoms with Crippen molar-refractivity contribution in [2.75, 3.05) is 53.1 Å². The maximum absolute atomic E-state index is 12.1. The number of hydrogen-bond acceptors (Lipinski definition) is 5. The van der Waals surface area contributed by atoms with Gasteiger partial charge in [0.15, 0.2) is 5.96 Å². The highest BCUT2D eigenvalue weighted by molar-refractivity contribution is 5.82. The molecule has 1 aromatic rings. The molecule has 0 amide bonds. The van der Waals surface area contributed by atoms with E-state index in [1.54, 1.807) is 0 Å².